The second-order valence-electron chi connectivity index (χ2n) is 8.84. The van der Waals surface area contributed by atoms with Gasteiger partial charge in [-0.05, 0) is 66.0 Å². The van der Waals surface area contributed by atoms with Crippen molar-refractivity contribution in [2.45, 2.75) is 98.3 Å². The molecule has 174 valence electrons. The van der Waals surface area contributed by atoms with Gasteiger partial charge in [0.15, 0.2) is 0 Å². The number of hydrogen-bond donors (Lipinski definition) is 0. The molecule has 0 N–H and O–H groups in total. The van der Waals surface area contributed by atoms with Crippen molar-refractivity contribution in [1.82, 2.24) is 4.90 Å². The third-order valence-corrected chi connectivity index (χ3v) is 5.72. The molecule has 0 bridgehead atoms. The standard InChI is InChI=1S/C17H31N.C6H12N.C5H8.Li/c1-4-16(2)10-9-11-17(3)12-15-18-13-7-5-6-8-14-18;1-2-4-6-7-5-3-1;1-4-5(2)3;/h10,12H,4-9,11,13-15H2,1-3H3;1-6H2;4H,1-2H2,3H3;/q;-1;;+1/b16-10+,17-12+;;;. The van der Waals surface area contributed by atoms with Crippen LogP contribution in [0, 0.1) is 0 Å². The molecule has 0 amide bonds. The van der Waals surface area contributed by atoms with Crippen LogP contribution in [0.3, 0.4) is 0 Å². The van der Waals surface area contributed by atoms with Crippen molar-refractivity contribution < 1.29 is 18.9 Å². The summed E-state index contributed by atoms with van der Waals surface area (Å²) in [6, 6.07) is 0. The van der Waals surface area contributed by atoms with Crippen LogP contribution in [-0.4, -0.2) is 37.6 Å². The first-order valence-corrected chi connectivity index (χ1v) is 12.4. The fourth-order valence-electron chi connectivity index (χ4n) is 3.31. The van der Waals surface area contributed by atoms with Gasteiger partial charge in [-0.25, -0.2) is 0 Å². The summed E-state index contributed by atoms with van der Waals surface area (Å²) in [5, 5.41) is 4.27. The molecule has 2 fully saturated rings. The predicted octanol–water partition coefficient (Wildman–Crippen LogP) is 5.63. The monoisotopic (exact) mass is 422 g/mol. The number of allylic oxidation sites excluding steroid dienone is 5. The summed E-state index contributed by atoms with van der Waals surface area (Å²) in [6.45, 7) is 21.7. The van der Waals surface area contributed by atoms with Crippen LogP contribution in [0.2, 0.25) is 0 Å². The van der Waals surface area contributed by atoms with E-state index in [4.69, 9.17) is 0 Å². The van der Waals surface area contributed by atoms with Crippen molar-refractivity contribution in [3.63, 3.8) is 0 Å². The molecule has 0 atom stereocenters. The van der Waals surface area contributed by atoms with E-state index >= 15 is 0 Å². The van der Waals surface area contributed by atoms with E-state index in [0.29, 0.717) is 0 Å². The Labute approximate surface area is 207 Å². The zero-order valence-electron chi connectivity index (χ0n) is 21.9. The Morgan fingerprint density at radius 2 is 1.35 bits per heavy atom. The molecule has 2 rings (SSSR count). The van der Waals surface area contributed by atoms with Crippen LogP contribution >= 0.6 is 0 Å². The fourth-order valence-corrected chi connectivity index (χ4v) is 3.31. The predicted molar refractivity (Wildman–Crippen MR) is 139 cm³/mol. The summed E-state index contributed by atoms with van der Waals surface area (Å²) in [4.78, 5) is 2.61. The zero-order valence-corrected chi connectivity index (χ0v) is 21.9. The average Bonchev–Trinajstić information content (AvgIpc) is 3.20. The van der Waals surface area contributed by atoms with Crippen molar-refractivity contribution >= 4 is 0 Å². The van der Waals surface area contributed by atoms with Crippen LogP contribution in [0.1, 0.15) is 98.3 Å². The van der Waals surface area contributed by atoms with Crippen LogP contribution in [0.15, 0.2) is 48.1 Å². The Morgan fingerprint density at radius 1 is 0.839 bits per heavy atom. The van der Waals surface area contributed by atoms with Gasteiger partial charge in [-0.15, -0.1) is 13.1 Å². The summed E-state index contributed by atoms with van der Waals surface area (Å²) in [5.74, 6) is 0. The molecule has 2 aliphatic rings. The van der Waals surface area contributed by atoms with Crippen molar-refractivity contribution in [2.24, 2.45) is 0 Å². The maximum absolute atomic E-state index is 4.27. The molecule has 2 nitrogen and oxygen atoms in total. The zero-order chi connectivity index (χ0) is 22.5. The first kappa shape index (κ1) is 32.7. The smallest absolute Gasteiger partial charge is 0.662 e. The van der Waals surface area contributed by atoms with Crippen LogP contribution in [-0.2, 0) is 0 Å². The molecule has 3 heteroatoms. The Kier molecular flexibility index (Phi) is 25.4. The molecule has 0 aromatic carbocycles. The number of nitrogens with zero attached hydrogens (tertiary/aromatic N) is 2. The van der Waals surface area contributed by atoms with Gasteiger partial charge in [0.2, 0.25) is 0 Å². The molecule has 0 unspecified atom stereocenters. The minimum Gasteiger partial charge on any atom is -0.662 e. The molecule has 0 radical (unpaired) electrons. The molecular weight excluding hydrogens is 371 g/mol. The third kappa shape index (κ3) is 24.0. The largest absolute Gasteiger partial charge is 1.00 e. The van der Waals surface area contributed by atoms with Crippen molar-refractivity contribution in [1.29, 1.82) is 0 Å². The SMILES string of the molecule is C1CCC[N-]CC1.C=CC(=C)C.CC/C(C)=C/CC/C(C)=C/CN1CCCCCC1.[Li+]. The molecule has 0 aromatic rings. The Morgan fingerprint density at radius 3 is 1.84 bits per heavy atom. The molecule has 2 saturated heterocycles. The van der Waals surface area contributed by atoms with Crippen molar-refractivity contribution in [3.05, 3.63) is 53.4 Å². The second-order valence-corrected chi connectivity index (χ2v) is 8.84. The summed E-state index contributed by atoms with van der Waals surface area (Å²) in [5.41, 5.74) is 4.10. The minimum absolute atomic E-state index is 0. The first-order chi connectivity index (χ1) is 14.5. The topological polar surface area (TPSA) is 17.3 Å². The minimum atomic E-state index is 0. The Balaban J connectivity index is 0. The van der Waals surface area contributed by atoms with E-state index in [1.54, 1.807) is 11.6 Å². The van der Waals surface area contributed by atoms with E-state index in [1.165, 1.54) is 95.8 Å². The molecule has 2 aliphatic heterocycles. The van der Waals surface area contributed by atoms with E-state index in [2.05, 4.69) is 56.3 Å². The fraction of sp³-hybridized carbons (Fsp3) is 0.714. The van der Waals surface area contributed by atoms with Gasteiger partial charge < -0.3 is 5.32 Å². The van der Waals surface area contributed by atoms with Gasteiger partial charge >= 0.3 is 18.9 Å². The average molecular weight is 423 g/mol. The summed E-state index contributed by atoms with van der Waals surface area (Å²) in [6.07, 6.45) is 21.3. The van der Waals surface area contributed by atoms with E-state index in [9.17, 15) is 0 Å². The second kappa shape index (κ2) is 24.1. The van der Waals surface area contributed by atoms with Gasteiger partial charge in [-0.2, -0.15) is 0 Å². The van der Waals surface area contributed by atoms with Crippen LogP contribution in [0.4, 0.5) is 0 Å². The van der Waals surface area contributed by atoms with Crippen LogP contribution < -0.4 is 18.9 Å². The van der Waals surface area contributed by atoms with Crippen LogP contribution in [0.25, 0.3) is 5.32 Å². The summed E-state index contributed by atoms with van der Waals surface area (Å²) >= 11 is 0. The van der Waals surface area contributed by atoms with Gasteiger partial charge in [0.25, 0.3) is 0 Å². The molecule has 0 saturated carbocycles. The Bertz CT molecular complexity index is 466. The number of likely N-dealkylation sites (tertiary alicyclic amines) is 1. The van der Waals surface area contributed by atoms with E-state index in [0.717, 1.165) is 18.7 Å². The van der Waals surface area contributed by atoms with Gasteiger partial charge in [-0.3, -0.25) is 4.90 Å². The van der Waals surface area contributed by atoms with Gasteiger partial charge in [-0.1, -0.05) is 93.6 Å². The number of rotatable bonds is 7. The molecule has 0 spiro atoms. The van der Waals surface area contributed by atoms with Crippen LogP contribution in [0.5, 0.6) is 0 Å². The van der Waals surface area contributed by atoms with E-state index < -0.39 is 0 Å². The van der Waals surface area contributed by atoms with Gasteiger partial charge in [0.05, 0.1) is 0 Å². The molecule has 2 heterocycles. The molecule has 31 heavy (non-hydrogen) atoms. The van der Waals surface area contributed by atoms with E-state index in [1.807, 2.05) is 6.92 Å². The maximum Gasteiger partial charge on any atom is 1.00 e. The van der Waals surface area contributed by atoms with Gasteiger partial charge in [0.1, 0.15) is 0 Å². The van der Waals surface area contributed by atoms with E-state index in [-0.39, 0.29) is 18.9 Å². The number of hydrogen-bond acceptors (Lipinski definition) is 1. The molecule has 0 aliphatic carbocycles. The summed E-state index contributed by atoms with van der Waals surface area (Å²) in [7, 11) is 0. The van der Waals surface area contributed by atoms with Crippen molar-refractivity contribution in [2.75, 3.05) is 32.7 Å². The van der Waals surface area contributed by atoms with Crippen molar-refractivity contribution in [3.8, 4) is 0 Å². The first-order valence-electron chi connectivity index (χ1n) is 12.4. The summed E-state index contributed by atoms with van der Waals surface area (Å²) < 4.78 is 0. The molecular formula is C28H51LiN2. The normalized spacial score (nSPS) is 18.1. The van der Waals surface area contributed by atoms with Gasteiger partial charge in [0, 0.05) is 6.54 Å². The third-order valence-electron chi connectivity index (χ3n) is 5.72. The quantitative estimate of drug-likeness (QED) is 0.295. The maximum atomic E-state index is 4.27. The molecule has 0 aromatic heterocycles. The Hall–Kier alpha value is -0.523.